The lowest BCUT2D eigenvalue weighted by atomic mass is 9.83. The molecule has 0 bridgehead atoms. The maximum absolute atomic E-state index is 12.7. The van der Waals surface area contributed by atoms with Crippen LogP contribution in [0.4, 0.5) is 0 Å². The van der Waals surface area contributed by atoms with Crippen LogP contribution >= 0.6 is 0 Å². The second-order valence-electron chi connectivity index (χ2n) is 5.04. The lowest BCUT2D eigenvalue weighted by molar-refractivity contribution is 0.0969. The summed E-state index contributed by atoms with van der Waals surface area (Å²) in [7, 11) is 1.50. The molecule has 0 saturated heterocycles. The SMILES string of the molecule is COCCOc1cc(O)c(O)c2c1C(=O)c1ccccc1C2=O. The Balaban J connectivity index is 2.20. The largest absolute Gasteiger partial charge is 0.504 e. The maximum atomic E-state index is 12.7. The molecule has 2 N–H and O–H groups in total. The normalized spacial score (nSPS) is 12.7. The molecule has 0 spiro atoms. The Morgan fingerprint density at radius 3 is 2.17 bits per heavy atom. The third-order valence-corrected chi connectivity index (χ3v) is 3.66. The third-order valence-electron chi connectivity index (χ3n) is 3.66. The Labute approximate surface area is 131 Å². The van der Waals surface area contributed by atoms with Gasteiger partial charge in [0, 0.05) is 24.3 Å². The molecule has 2 aromatic carbocycles. The van der Waals surface area contributed by atoms with Crippen molar-refractivity contribution in [2.75, 3.05) is 20.3 Å². The molecule has 3 rings (SSSR count). The number of ether oxygens (including phenoxy) is 2. The number of hydrogen-bond donors (Lipinski definition) is 2. The van der Waals surface area contributed by atoms with Gasteiger partial charge in [0.2, 0.25) is 0 Å². The van der Waals surface area contributed by atoms with Gasteiger partial charge < -0.3 is 19.7 Å². The van der Waals surface area contributed by atoms with Crippen molar-refractivity contribution in [1.29, 1.82) is 0 Å². The summed E-state index contributed by atoms with van der Waals surface area (Å²) in [6.07, 6.45) is 0. The van der Waals surface area contributed by atoms with E-state index in [1.165, 1.54) is 13.2 Å². The molecule has 118 valence electrons. The summed E-state index contributed by atoms with van der Waals surface area (Å²) in [5.74, 6) is -2.05. The molecule has 0 atom stereocenters. The van der Waals surface area contributed by atoms with Crippen LogP contribution in [0.15, 0.2) is 30.3 Å². The second kappa shape index (κ2) is 5.73. The monoisotopic (exact) mass is 314 g/mol. The highest BCUT2D eigenvalue weighted by Gasteiger charge is 2.36. The lowest BCUT2D eigenvalue weighted by Crippen LogP contribution is -2.22. The van der Waals surface area contributed by atoms with Crippen LogP contribution < -0.4 is 4.74 Å². The van der Waals surface area contributed by atoms with Crippen LogP contribution in [0.5, 0.6) is 17.2 Å². The van der Waals surface area contributed by atoms with Gasteiger partial charge in [-0.1, -0.05) is 24.3 Å². The molecular formula is C17H14O6. The summed E-state index contributed by atoms with van der Waals surface area (Å²) in [5, 5.41) is 19.9. The molecule has 0 aromatic heterocycles. The molecule has 2 aromatic rings. The predicted molar refractivity (Wildman–Crippen MR) is 80.4 cm³/mol. The summed E-state index contributed by atoms with van der Waals surface area (Å²) in [5.41, 5.74) is 0.154. The molecule has 0 amide bonds. The zero-order valence-corrected chi connectivity index (χ0v) is 12.3. The zero-order valence-electron chi connectivity index (χ0n) is 12.3. The second-order valence-corrected chi connectivity index (χ2v) is 5.04. The number of benzene rings is 2. The molecule has 0 unspecified atom stereocenters. The molecule has 0 radical (unpaired) electrons. The molecule has 0 heterocycles. The molecule has 6 nitrogen and oxygen atoms in total. The molecule has 1 aliphatic rings. The molecule has 23 heavy (non-hydrogen) atoms. The van der Waals surface area contributed by atoms with E-state index in [0.29, 0.717) is 0 Å². The van der Waals surface area contributed by atoms with Gasteiger partial charge in [0.05, 0.1) is 17.7 Å². The van der Waals surface area contributed by atoms with E-state index in [4.69, 9.17) is 9.47 Å². The Bertz CT molecular complexity index is 809. The highest BCUT2D eigenvalue weighted by atomic mass is 16.5. The van der Waals surface area contributed by atoms with Crippen LogP contribution in [0.25, 0.3) is 0 Å². The van der Waals surface area contributed by atoms with E-state index < -0.39 is 23.1 Å². The summed E-state index contributed by atoms with van der Waals surface area (Å²) >= 11 is 0. The van der Waals surface area contributed by atoms with E-state index in [-0.39, 0.29) is 41.2 Å². The van der Waals surface area contributed by atoms with E-state index in [1.54, 1.807) is 18.2 Å². The number of ketones is 2. The van der Waals surface area contributed by atoms with Crippen molar-refractivity contribution in [3.05, 3.63) is 52.6 Å². The Morgan fingerprint density at radius 1 is 0.957 bits per heavy atom. The van der Waals surface area contributed by atoms with Crippen molar-refractivity contribution in [3.63, 3.8) is 0 Å². The third kappa shape index (κ3) is 2.33. The van der Waals surface area contributed by atoms with Gasteiger partial charge in [-0.3, -0.25) is 9.59 Å². The van der Waals surface area contributed by atoms with E-state index in [9.17, 15) is 19.8 Å². The summed E-state index contributed by atoms with van der Waals surface area (Å²) in [4.78, 5) is 25.3. The van der Waals surface area contributed by atoms with Gasteiger partial charge in [-0.2, -0.15) is 0 Å². The standard InChI is InChI=1S/C17H14O6/c1-22-6-7-23-12-8-11(18)17(21)14-13(12)15(19)9-4-2-3-5-10(9)16(14)20/h2-5,8,18,21H,6-7H2,1H3. The molecule has 0 fully saturated rings. The number of carbonyl (C=O) groups excluding carboxylic acids is 2. The first-order valence-electron chi connectivity index (χ1n) is 6.95. The quantitative estimate of drug-likeness (QED) is 0.564. The number of phenols is 2. The van der Waals surface area contributed by atoms with Crippen molar-refractivity contribution in [2.24, 2.45) is 0 Å². The van der Waals surface area contributed by atoms with Gasteiger partial charge in [0.1, 0.15) is 12.4 Å². The minimum atomic E-state index is -0.619. The van der Waals surface area contributed by atoms with Gasteiger partial charge in [0.25, 0.3) is 0 Å². The highest BCUT2D eigenvalue weighted by Crippen LogP contribution is 2.43. The topological polar surface area (TPSA) is 93.1 Å². The highest BCUT2D eigenvalue weighted by molar-refractivity contribution is 6.30. The minimum absolute atomic E-state index is 0.0416. The number of aromatic hydroxyl groups is 2. The van der Waals surface area contributed by atoms with Crippen LogP contribution in [0, 0.1) is 0 Å². The number of carbonyl (C=O) groups is 2. The predicted octanol–water partition coefficient (Wildman–Crippen LogP) is 1.90. The van der Waals surface area contributed by atoms with Crippen molar-refractivity contribution in [2.45, 2.75) is 0 Å². The Morgan fingerprint density at radius 2 is 1.57 bits per heavy atom. The van der Waals surface area contributed by atoms with E-state index >= 15 is 0 Å². The van der Waals surface area contributed by atoms with Crippen molar-refractivity contribution >= 4 is 11.6 Å². The van der Waals surface area contributed by atoms with Gasteiger partial charge >= 0.3 is 0 Å². The number of phenolic OH excluding ortho intramolecular Hbond substituents is 2. The summed E-state index contributed by atoms with van der Waals surface area (Å²) in [6, 6.07) is 7.46. The van der Waals surface area contributed by atoms with Crippen molar-refractivity contribution in [3.8, 4) is 17.2 Å². The maximum Gasteiger partial charge on any atom is 0.198 e. The first-order chi connectivity index (χ1) is 11.1. The smallest absolute Gasteiger partial charge is 0.198 e. The number of methoxy groups -OCH3 is 1. The Hall–Kier alpha value is -2.86. The van der Waals surface area contributed by atoms with Crippen molar-refractivity contribution < 1.29 is 29.3 Å². The van der Waals surface area contributed by atoms with Crippen LogP contribution in [0.2, 0.25) is 0 Å². The van der Waals surface area contributed by atoms with Gasteiger partial charge in [-0.15, -0.1) is 0 Å². The molecule has 0 saturated carbocycles. The van der Waals surface area contributed by atoms with E-state index in [1.807, 2.05) is 0 Å². The van der Waals surface area contributed by atoms with E-state index in [2.05, 4.69) is 0 Å². The fraction of sp³-hybridized carbons (Fsp3) is 0.176. The first kappa shape index (κ1) is 15.1. The van der Waals surface area contributed by atoms with Gasteiger partial charge in [-0.05, 0) is 0 Å². The van der Waals surface area contributed by atoms with Crippen LogP contribution in [0.1, 0.15) is 31.8 Å². The first-order valence-corrected chi connectivity index (χ1v) is 6.95. The fourth-order valence-corrected chi connectivity index (χ4v) is 2.58. The van der Waals surface area contributed by atoms with Crippen LogP contribution in [0.3, 0.4) is 0 Å². The number of fused-ring (bicyclic) bond motifs is 2. The summed E-state index contributed by atoms with van der Waals surface area (Å²) < 4.78 is 10.3. The molecule has 6 heteroatoms. The average molecular weight is 314 g/mol. The molecule has 0 aliphatic heterocycles. The zero-order chi connectivity index (χ0) is 16.6. The van der Waals surface area contributed by atoms with Gasteiger partial charge in [-0.25, -0.2) is 0 Å². The van der Waals surface area contributed by atoms with Gasteiger partial charge in [0.15, 0.2) is 23.1 Å². The minimum Gasteiger partial charge on any atom is -0.504 e. The van der Waals surface area contributed by atoms with Crippen LogP contribution in [-0.4, -0.2) is 42.1 Å². The molecular weight excluding hydrogens is 300 g/mol. The lowest BCUT2D eigenvalue weighted by Gasteiger charge is -2.21. The number of rotatable bonds is 4. The van der Waals surface area contributed by atoms with Crippen molar-refractivity contribution in [1.82, 2.24) is 0 Å². The summed E-state index contributed by atoms with van der Waals surface area (Å²) in [6.45, 7) is 0.408. The fourth-order valence-electron chi connectivity index (χ4n) is 2.58. The Kier molecular flexibility index (Phi) is 3.75. The van der Waals surface area contributed by atoms with E-state index in [0.717, 1.165) is 6.07 Å². The number of hydrogen-bond acceptors (Lipinski definition) is 6. The van der Waals surface area contributed by atoms with Crippen LogP contribution in [-0.2, 0) is 4.74 Å². The molecule has 1 aliphatic carbocycles. The average Bonchev–Trinajstić information content (AvgIpc) is 2.56.